The summed E-state index contributed by atoms with van der Waals surface area (Å²) in [5.41, 5.74) is 9.68. The second-order valence-corrected chi connectivity index (χ2v) is 12.1. The molecule has 1 saturated carbocycles. The van der Waals surface area contributed by atoms with Crippen molar-refractivity contribution in [2.45, 2.75) is 77.4 Å². The van der Waals surface area contributed by atoms with Gasteiger partial charge in [0.05, 0.1) is 17.1 Å². The van der Waals surface area contributed by atoms with E-state index in [2.05, 4.69) is 29.8 Å². The van der Waals surface area contributed by atoms with Crippen LogP contribution in [0.4, 0.5) is 10.1 Å². The van der Waals surface area contributed by atoms with Crippen molar-refractivity contribution in [2.75, 3.05) is 12.4 Å². The number of rotatable bonds is 7. The summed E-state index contributed by atoms with van der Waals surface area (Å²) >= 11 is 0. The van der Waals surface area contributed by atoms with Gasteiger partial charge >= 0.3 is 0 Å². The molecule has 8 nitrogen and oxygen atoms in total. The fraction of sp³-hybridized carbons (Fsp3) is 0.452. The number of amides is 2. The summed E-state index contributed by atoms with van der Waals surface area (Å²) in [4.78, 5) is 37.9. The number of nitrogens with one attached hydrogen (secondary N) is 3. The van der Waals surface area contributed by atoms with Crippen molar-refractivity contribution in [3.63, 3.8) is 0 Å². The number of primary amides is 1. The Morgan fingerprint density at radius 2 is 1.75 bits per heavy atom. The van der Waals surface area contributed by atoms with Crippen LogP contribution in [0.15, 0.2) is 36.4 Å². The van der Waals surface area contributed by atoms with E-state index >= 15 is 0 Å². The molecule has 0 spiro atoms. The standard InChI is InChI=1S/C31H38FN5O3/c1-17(34-4)30(40)36-21-9-7-20(8-10-21)35-24-13-18(5-11-22(24)29(33)39)28-23-12-6-19(32)14-25(23)37-26(28)15-31(2,3)16-27(37)38/h5-6,11-14,17,20-21,34-35H,7-10,15-16H2,1-4H3,(H2,33,39)(H,36,40)/t17-,20?,21?/m1/s1. The first-order valence-corrected chi connectivity index (χ1v) is 14.0. The first-order valence-electron chi connectivity index (χ1n) is 14.0. The van der Waals surface area contributed by atoms with E-state index in [1.54, 1.807) is 23.7 Å². The predicted octanol–water partition coefficient (Wildman–Crippen LogP) is 4.61. The minimum atomic E-state index is -0.529. The van der Waals surface area contributed by atoms with E-state index in [1.165, 1.54) is 12.1 Å². The Morgan fingerprint density at radius 1 is 1.05 bits per heavy atom. The Bertz CT molecular complexity index is 1490. The molecule has 5 rings (SSSR count). The van der Waals surface area contributed by atoms with Crippen molar-refractivity contribution in [3.05, 3.63) is 53.5 Å². The minimum absolute atomic E-state index is 0.00714. The average Bonchev–Trinajstić information content (AvgIpc) is 3.21. The van der Waals surface area contributed by atoms with Crippen molar-refractivity contribution in [3.8, 4) is 11.1 Å². The van der Waals surface area contributed by atoms with Crippen LogP contribution in [-0.2, 0) is 11.2 Å². The molecule has 40 heavy (non-hydrogen) atoms. The summed E-state index contributed by atoms with van der Waals surface area (Å²) in [5, 5.41) is 10.4. The van der Waals surface area contributed by atoms with Crippen LogP contribution >= 0.6 is 0 Å². The van der Waals surface area contributed by atoms with E-state index in [0.717, 1.165) is 47.9 Å². The lowest BCUT2D eigenvalue weighted by Gasteiger charge is -2.31. The molecule has 3 aromatic rings. The van der Waals surface area contributed by atoms with Crippen LogP contribution in [0.2, 0.25) is 0 Å². The monoisotopic (exact) mass is 547 g/mol. The third-order valence-corrected chi connectivity index (χ3v) is 8.39. The molecule has 0 radical (unpaired) electrons. The van der Waals surface area contributed by atoms with E-state index in [1.807, 2.05) is 19.1 Å². The molecular formula is C31H38FN5O3. The number of nitrogens with zero attached hydrogens (tertiary/aromatic N) is 1. The number of hydrogen-bond donors (Lipinski definition) is 4. The normalized spacial score (nSPS) is 21.1. The third kappa shape index (κ3) is 5.35. The van der Waals surface area contributed by atoms with Crippen molar-refractivity contribution in [1.82, 2.24) is 15.2 Å². The fourth-order valence-corrected chi connectivity index (χ4v) is 6.19. The van der Waals surface area contributed by atoms with Gasteiger partial charge in [-0.3, -0.25) is 19.0 Å². The molecule has 2 aromatic carbocycles. The van der Waals surface area contributed by atoms with Crippen molar-refractivity contribution >= 4 is 34.3 Å². The highest BCUT2D eigenvalue weighted by Gasteiger charge is 2.35. The SMILES string of the molecule is CN[C@H](C)C(=O)NC1CCC(Nc2cc(-c3c4n(c5cc(F)ccc35)C(=O)CC(C)(C)C4)ccc2C(N)=O)CC1. The number of aromatic nitrogens is 1. The van der Waals surface area contributed by atoms with Gasteiger partial charge in [0.2, 0.25) is 11.8 Å². The molecule has 1 fully saturated rings. The molecule has 0 unspecified atom stereocenters. The molecular weight excluding hydrogens is 509 g/mol. The van der Waals surface area contributed by atoms with Crippen molar-refractivity contribution < 1.29 is 18.8 Å². The molecule has 1 aliphatic carbocycles. The Morgan fingerprint density at radius 3 is 2.42 bits per heavy atom. The zero-order valence-electron chi connectivity index (χ0n) is 23.6. The maximum atomic E-state index is 14.3. The third-order valence-electron chi connectivity index (χ3n) is 8.39. The first-order chi connectivity index (χ1) is 19.0. The molecule has 0 bridgehead atoms. The lowest BCUT2D eigenvalue weighted by molar-refractivity contribution is -0.123. The van der Waals surface area contributed by atoms with Gasteiger partial charge in [-0.2, -0.15) is 0 Å². The van der Waals surface area contributed by atoms with Gasteiger partial charge in [-0.1, -0.05) is 19.9 Å². The average molecular weight is 548 g/mol. The lowest BCUT2D eigenvalue weighted by atomic mass is 9.80. The molecule has 1 aromatic heterocycles. The number of carbonyl (C=O) groups is 3. The van der Waals surface area contributed by atoms with Gasteiger partial charge in [0.1, 0.15) is 5.82 Å². The number of halogens is 1. The van der Waals surface area contributed by atoms with E-state index in [9.17, 15) is 18.8 Å². The Hall–Kier alpha value is -3.72. The highest BCUT2D eigenvalue weighted by Crippen LogP contribution is 2.43. The zero-order chi connectivity index (χ0) is 28.8. The Labute approximate surface area is 233 Å². The molecule has 1 atom stereocenters. The largest absolute Gasteiger partial charge is 0.382 e. The molecule has 2 amide bonds. The van der Waals surface area contributed by atoms with E-state index < -0.39 is 11.7 Å². The highest BCUT2D eigenvalue weighted by atomic mass is 19.1. The summed E-state index contributed by atoms with van der Waals surface area (Å²) in [6, 6.07) is 10.0. The van der Waals surface area contributed by atoms with Gasteiger partial charge in [0.25, 0.3) is 5.91 Å². The maximum Gasteiger partial charge on any atom is 0.250 e. The van der Waals surface area contributed by atoms with Crippen LogP contribution in [0.5, 0.6) is 0 Å². The lowest BCUT2D eigenvalue weighted by Crippen LogP contribution is -2.47. The number of hydrogen-bond acceptors (Lipinski definition) is 5. The number of anilines is 1. The minimum Gasteiger partial charge on any atom is -0.382 e. The predicted molar refractivity (Wildman–Crippen MR) is 155 cm³/mol. The Balaban J connectivity index is 1.47. The van der Waals surface area contributed by atoms with Crippen LogP contribution in [-0.4, -0.2) is 47.5 Å². The summed E-state index contributed by atoms with van der Waals surface area (Å²) in [6.45, 7) is 5.97. The zero-order valence-corrected chi connectivity index (χ0v) is 23.6. The molecule has 212 valence electrons. The fourth-order valence-electron chi connectivity index (χ4n) is 6.19. The molecule has 1 aliphatic heterocycles. The van der Waals surface area contributed by atoms with Gasteiger partial charge in [0, 0.05) is 40.8 Å². The van der Waals surface area contributed by atoms with Crippen LogP contribution in [0.25, 0.3) is 22.0 Å². The molecule has 0 saturated heterocycles. The summed E-state index contributed by atoms with van der Waals surface area (Å²) in [6.07, 6.45) is 4.34. The smallest absolute Gasteiger partial charge is 0.250 e. The van der Waals surface area contributed by atoms with Gasteiger partial charge < -0.3 is 21.7 Å². The number of likely N-dealkylation sites (N-methyl/N-ethyl adjacent to an activating group) is 1. The van der Waals surface area contributed by atoms with E-state index in [-0.39, 0.29) is 35.4 Å². The summed E-state index contributed by atoms with van der Waals surface area (Å²) < 4.78 is 16.0. The van der Waals surface area contributed by atoms with Crippen molar-refractivity contribution in [2.24, 2.45) is 11.1 Å². The van der Waals surface area contributed by atoms with Crippen LogP contribution in [0.1, 0.15) is 73.7 Å². The highest BCUT2D eigenvalue weighted by molar-refractivity contribution is 6.06. The molecule has 9 heteroatoms. The first kappa shape index (κ1) is 27.8. The quantitative estimate of drug-likeness (QED) is 0.345. The van der Waals surface area contributed by atoms with E-state index in [4.69, 9.17) is 5.73 Å². The number of nitrogens with two attached hydrogens (primary N) is 1. The Kier molecular flexibility index (Phi) is 7.44. The topological polar surface area (TPSA) is 118 Å². The maximum absolute atomic E-state index is 14.3. The van der Waals surface area contributed by atoms with Crippen LogP contribution < -0.4 is 21.7 Å². The summed E-state index contributed by atoms with van der Waals surface area (Å²) in [7, 11) is 1.76. The number of carbonyl (C=O) groups excluding carboxylic acids is 3. The second kappa shape index (κ2) is 10.7. The van der Waals surface area contributed by atoms with E-state index in [0.29, 0.717) is 29.6 Å². The molecule has 2 aliphatic rings. The summed E-state index contributed by atoms with van der Waals surface area (Å²) in [5.74, 6) is -0.978. The van der Waals surface area contributed by atoms with Crippen LogP contribution in [0, 0.1) is 11.2 Å². The molecule has 5 N–H and O–H groups in total. The molecule has 2 heterocycles. The van der Waals surface area contributed by atoms with Gasteiger partial charge in [-0.15, -0.1) is 0 Å². The number of benzene rings is 2. The number of fused-ring (bicyclic) bond motifs is 3. The van der Waals surface area contributed by atoms with Gasteiger partial charge in [0.15, 0.2) is 0 Å². The van der Waals surface area contributed by atoms with Gasteiger partial charge in [-0.05, 0) is 87.4 Å². The van der Waals surface area contributed by atoms with Crippen LogP contribution in [0.3, 0.4) is 0 Å². The van der Waals surface area contributed by atoms with Crippen molar-refractivity contribution in [1.29, 1.82) is 0 Å². The van der Waals surface area contributed by atoms with Gasteiger partial charge in [-0.25, -0.2) is 4.39 Å². The second-order valence-electron chi connectivity index (χ2n) is 12.1.